The van der Waals surface area contributed by atoms with Crippen LogP contribution in [0.2, 0.25) is 0 Å². The van der Waals surface area contributed by atoms with Crippen LogP contribution in [0.4, 0.5) is 11.4 Å². The third kappa shape index (κ3) is 9.82. The van der Waals surface area contributed by atoms with Gasteiger partial charge in [0.2, 0.25) is 11.5 Å². The number of H-pyrrole nitrogens is 1. The van der Waals surface area contributed by atoms with E-state index in [1.807, 2.05) is 103 Å². The fourth-order valence-electron chi connectivity index (χ4n) is 9.07. The largest absolute Gasteiger partial charge is 0.487 e. The summed E-state index contributed by atoms with van der Waals surface area (Å²) in [5.41, 5.74) is 14.0. The number of likely N-dealkylation sites (tertiary alicyclic amines) is 1. The number of anilines is 2. The summed E-state index contributed by atoms with van der Waals surface area (Å²) in [6.07, 6.45) is 2.98. The molecule has 6 N–H and O–H groups in total. The average molecular weight is 826 g/mol. The summed E-state index contributed by atoms with van der Waals surface area (Å²) < 4.78 is 6.07. The zero-order chi connectivity index (χ0) is 42.7. The number of nitrogens with two attached hydrogens (primary N) is 1. The molecule has 9 heteroatoms. The standard InChI is InChI=1S/C53H55N5O4/c54-52(61)53(41-14-6-2-7-15-41,42-16-8-3-9-17-42)43-31-34-58(36-43)33-10-13-38-18-22-44(23-19-38)56-45-24-20-39(21-25-45)30-32-55-35-48(59)46-26-28-49(51-47(46)27-29-50(60)57-51)62-37-40-11-4-1-5-12-40/h1-9,11-12,14-29,43,48,55-56,59H,10,13,30-37H2,(H2,54,61)(H,57,60)/t43-,48+/m1/s1. The van der Waals surface area contributed by atoms with Crippen molar-refractivity contribution < 1.29 is 14.6 Å². The molecule has 1 aliphatic rings. The SMILES string of the molecule is NC(=O)C(c1ccccc1)(c1ccccc1)[C@@H]1CCN(CCCc2ccc(Nc3ccc(CCNC[C@H](O)c4ccc(OCc5ccccc5)c5[nH]c(=O)ccc45)cc3)cc2)C1. The lowest BCUT2D eigenvalue weighted by atomic mass is 9.64. The number of hydrogen-bond acceptors (Lipinski definition) is 7. The number of amides is 1. The van der Waals surface area contributed by atoms with E-state index in [4.69, 9.17) is 10.5 Å². The Morgan fingerprint density at radius 2 is 1.37 bits per heavy atom. The van der Waals surface area contributed by atoms with E-state index in [1.54, 1.807) is 6.07 Å². The molecule has 0 spiro atoms. The van der Waals surface area contributed by atoms with Crippen LogP contribution in [0.15, 0.2) is 169 Å². The normalized spacial score (nSPS) is 14.8. The molecule has 9 nitrogen and oxygen atoms in total. The van der Waals surface area contributed by atoms with E-state index in [2.05, 4.69) is 69.0 Å². The van der Waals surface area contributed by atoms with Crippen LogP contribution in [0.25, 0.3) is 10.9 Å². The molecule has 1 aromatic heterocycles. The number of ether oxygens (including phenoxy) is 1. The van der Waals surface area contributed by atoms with E-state index in [1.165, 1.54) is 17.2 Å². The first-order valence-electron chi connectivity index (χ1n) is 21.7. The Balaban J connectivity index is 0.780. The predicted molar refractivity (Wildman–Crippen MR) is 249 cm³/mol. The molecule has 1 aliphatic heterocycles. The number of fused-ring (bicyclic) bond motifs is 1. The molecule has 316 valence electrons. The van der Waals surface area contributed by atoms with Crippen LogP contribution in [-0.4, -0.2) is 53.6 Å². The van der Waals surface area contributed by atoms with Gasteiger partial charge in [-0.15, -0.1) is 0 Å². The second-order valence-electron chi connectivity index (χ2n) is 16.3. The van der Waals surface area contributed by atoms with Gasteiger partial charge in [-0.25, -0.2) is 0 Å². The Hall–Kier alpha value is -6.52. The van der Waals surface area contributed by atoms with Crippen LogP contribution >= 0.6 is 0 Å². The number of aromatic nitrogens is 1. The first-order chi connectivity index (χ1) is 30.4. The molecule has 8 rings (SSSR count). The van der Waals surface area contributed by atoms with Gasteiger partial charge < -0.3 is 36.1 Å². The predicted octanol–water partition coefficient (Wildman–Crippen LogP) is 8.44. The molecule has 62 heavy (non-hydrogen) atoms. The molecule has 0 aliphatic carbocycles. The number of carbonyl (C=O) groups is 1. The van der Waals surface area contributed by atoms with Crippen molar-refractivity contribution in [2.75, 3.05) is 38.0 Å². The number of rotatable bonds is 19. The number of aliphatic hydroxyl groups excluding tert-OH is 1. The monoisotopic (exact) mass is 825 g/mol. The fourth-order valence-corrected chi connectivity index (χ4v) is 9.07. The molecule has 7 aromatic rings. The first kappa shape index (κ1) is 42.2. The molecule has 6 aromatic carbocycles. The summed E-state index contributed by atoms with van der Waals surface area (Å²) in [6, 6.07) is 54.0. The molecule has 0 bridgehead atoms. The lowest BCUT2D eigenvalue weighted by Crippen LogP contribution is -2.49. The Morgan fingerprint density at radius 3 is 2.00 bits per heavy atom. The van der Waals surface area contributed by atoms with E-state index in [9.17, 15) is 14.7 Å². The van der Waals surface area contributed by atoms with E-state index in [0.717, 1.165) is 84.3 Å². The third-order valence-electron chi connectivity index (χ3n) is 12.3. The van der Waals surface area contributed by atoms with Gasteiger partial charge in [0.1, 0.15) is 17.8 Å². The van der Waals surface area contributed by atoms with Gasteiger partial charge in [-0.3, -0.25) is 9.59 Å². The Bertz CT molecular complexity index is 2540. The number of hydrogen-bond donors (Lipinski definition) is 5. The van der Waals surface area contributed by atoms with Gasteiger partial charge in [0.15, 0.2) is 0 Å². The Kier molecular flexibility index (Phi) is 13.5. The number of nitrogens with zero attached hydrogens (tertiary/aromatic N) is 1. The van der Waals surface area contributed by atoms with Crippen molar-refractivity contribution in [2.24, 2.45) is 11.7 Å². The van der Waals surface area contributed by atoms with E-state index < -0.39 is 11.5 Å². The van der Waals surface area contributed by atoms with Crippen LogP contribution in [-0.2, 0) is 29.7 Å². The third-order valence-corrected chi connectivity index (χ3v) is 12.3. The maximum atomic E-state index is 13.4. The zero-order valence-electron chi connectivity index (χ0n) is 35.0. The van der Waals surface area contributed by atoms with Crippen LogP contribution < -0.4 is 26.7 Å². The summed E-state index contributed by atoms with van der Waals surface area (Å²) in [5, 5.41) is 18.8. The number of carbonyl (C=O) groups excluding carboxylic acids is 1. The highest BCUT2D eigenvalue weighted by molar-refractivity contribution is 5.91. The average Bonchev–Trinajstić information content (AvgIpc) is 3.78. The number of aliphatic hydroxyl groups is 1. The lowest BCUT2D eigenvalue weighted by molar-refractivity contribution is -0.123. The maximum absolute atomic E-state index is 13.4. The maximum Gasteiger partial charge on any atom is 0.248 e. The van der Waals surface area contributed by atoms with Gasteiger partial charge in [-0.1, -0.05) is 121 Å². The highest BCUT2D eigenvalue weighted by Crippen LogP contribution is 2.43. The van der Waals surface area contributed by atoms with Gasteiger partial charge in [-0.2, -0.15) is 0 Å². The summed E-state index contributed by atoms with van der Waals surface area (Å²) >= 11 is 0. The topological polar surface area (TPSA) is 133 Å². The number of benzene rings is 6. The van der Waals surface area contributed by atoms with Crippen molar-refractivity contribution in [1.29, 1.82) is 0 Å². The Labute approximate surface area is 363 Å². The molecular weight excluding hydrogens is 771 g/mol. The van der Waals surface area contributed by atoms with Gasteiger partial charge >= 0.3 is 0 Å². The second-order valence-corrected chi connectivity index (χ2v) is 16.3. The van der Waals surface area contributed by atoms with E-state index in [-0.39, 0.29) is 17.4 Å². The molecular formula is C53H55N5O4. The summed E-state index contributed by atoms with van der Waals surface area (Å²) in [5.74, 6) is 0.380. The van der Waals surface area contributed by atoms with Crippen molar-refractivity contribution in [3.05, 3.63) is 208 Å². The van der Waals surface area contributed by atoms with Gasteiger partial charge in [0.25, 0.3) is 0 Å². The summed E-state index contributed by atoms with van der Waals surface area (Å²) in [6.45, 7) is 4.19. The van der Waals surface area contributed by atoms with Gasteiger partial charge in [0, 0.05) is 35.9 Å². The van der Waals surface area contributed by atoms with Crippen LogP contribution in [0.3, 0.4) is 0 Å². The molecule has 0 radical (unpaired) electrons. The Morgan fingerprint density at radius 1 is 0.758 bits per heavy atom. The molecule has 2 heterocycles. The van der Waals surface area contributed by atoms with E-state index >= 15 is 0 Å². The molecule has 1 fully saturated rings. The van der Waals surface area contributed by atoms with Crippen LogP contribution in [0.1, 0.15) is 52.3 Å². The summed E-state index contributed by atoms with van der Waals surface area (Å²) in [7, 11) is 0. The minimum absolute atomic E-state index is 0.0959. The molecule has 2 atom stereocenters. The minimum atomic E-state index is -0.862. The highest BCUT2D eigenvalue weighted by Gasteiger charge is 2.49. The fraction of sp³-hybridized carbons (Fsp3) is 0.245. The number of pyridine rings is 1. The van der Waals surface area contributed by atoms with Gasteiger partial charge in [0.05, 0.1) is 11.6 Å². The van der Waals surface area contributed by atoms with Crippen molar-refractivity contribution in [3.63, 3.8) is 0 Å². The summed E-state index contributed by atoms with van der Waals surface area (Å²) in [4.78, 5) is 31.1. The van der Waals surface area contributed by atoms with Crippen LogP contribution in [0.5, 0.6) is 5.75 Å². The molecule has 1 amide bonds. The first-order valence-corrected chi connectivity index (χ1v) is 21.7. The quantitative estimate of drug-likeness (QED) is 0.0518. The number of primary amides is 1. The zero-order valence-corrected chi connectivity index (χ0v) is 35.0. The van der Waals surface area contributed by atoms with Crippen molar-refractivity contribution in [1.82, 2.24) is 15.2 Å². The number of aryl methyl sites for hydroxylation is 1. The van der Waals surface area contributed by atoms with Crippen molar-refractivity contribution in [2.45, 2.75) is 43.8 Å². The van der Waals surface area contributed by atoms with E-state index in [0.29, 0.717) is 31.0 Å². The second kappa shape index (κ2) is 19.9. The number of nitrogens with one attached hydrogen (secondary N) is 3. The van der Waals surface area contributed by atoms with Gasteiger partial charge in [-0.05, 0) is 121 Å². The highest BCUT2D eigenvalue weighted by atomic mass is 16.5. The lowest BCUT2D eigenvalue weighted by Gasteiger charge is -2.37. The number of aromatic amines is 1. The smallest absolute Gasteiger partial charge is 0.248 e. The van der Waals surface area contributed by atoms with Crippen LogP contribution in [0, 0.1) is 5.92 Å². The molecule has 0 saturated carbocycles. The minimum Gasteiger partial charge on any atom is -0.487 e. The van der Waals surface area contributed by atoms with Crippen molar-refractivity contribution >= 4 is 28.2 Å². The molecule has 0 unspecified atom stereocenters. The van der Waals surface area contributed by atoms with Crippen molar-refractivity contribution in [3.8, 4) is 5.75 Å². The molecule has 1 saturated heterocycles.